The van der Waals surface area contributed by atoms with Crippen LogP contribution in [0.25, 0.3) is 66.0 Å². The van der Waals surface area contributed by atoms with Gasteiger partial charge >= 0.3 is 21.1 Å². The summed E-state index contributed by atoms with van der Waals surface area (Å²) in [6.07, 6.45) is 11.1. The van der Waals surface area contributed by atoms with Crippen molar-refractivity contribution in [2.24, 2.45) is 0 Å². The monoisotopic (exact) mass is 721 g/mol. The summed E-state index contributed by atoms with van der Waals surface area (Å²) in [4.78, 5) is 18.6. The molecule has 0 unspecified atom stereocenters. The number of aromatic nitrogens is 6. The van der Waals surface area contributed by atoms with Crippen LogP contribution in [0.15, 0.2) is 110 Å². The van der Waals surface area contributed by atoms with Crippen LogP contribution >= 0.6 is 0 Å². The molecule has 0 fully saturated rings. The molecule has 9 aromatic rings. The van der Waals surface area contributed by atoms with Gasteiger partial charge in [-0.25, -0.2) is 4.98 Å². The van der Waals surface area contributed by atoms with E-state index in [1.165, 1.54) is 0 Å². The molecule has 6 aromatic heterocycles. The minimum Gasteiger partial charge on any atom is -0.497 e. The molecule has 0 spiro atoms. The van der Waals surface area contributed by atoms with E-state index in [9.17, 15) is 0 Å². The second-order valence-electron chi connectivity index (χ2n) is 9.89. The number of ether oxygens (including phenoxy) is 1. The van der Waals surface area contributed by atoms with Crippen LogP contribution in [0.5, 0.6) is 11.5 Å². The third-order valence-corrected chi connectivity index (χ3v) is 7.60. The van der Waals surface area contributed by atoms with Crippen LogP contribution in [0.2, 0.25) is 0 Å². The van der Waals surface area contributed by atoms with Gasteiger partial charge in [-0.1, -0.05) is 82.2 Å². The van der Waals surface area contributed by atoms with E-state index in [4.69, 9.17) is 9.72 Å². The van der Waals surface area contributed by atoms with Gasteiger partial charge < -0.3 is 13.5 Å². The van der Waals surface area contributed by atoms with E-state index in [0.717, 1.165) is 66.0 Å². The van der Waals surface area contributed by atoms with Gasteiger partial charge in [0.2, 0.25) is 0 Å². The Morgan fingerprint density at radius 1 is 0.595 bits per heavy atom. The molecule has 0 saturated carbocycles. The molecule has 42 heavy (non-hydrogen) atoms. The summed E-state index contributed by atoms with van der Waals surface area (Å²) >= 11 is 0. The molecular weight excluding hydrogens is 703 g/mol. The first-order valence-corrected chi connectivity index (χ1v) is 13.2. The molecule has 0 aliphatic heterocycles. The molecule has 0 N–H and O–H groups in total. The average Bonchev–Trinajstić information content (AvgIpc) is 3.73. The number of nitrogens with zero attached hydrogens (tertiary/aromatic N) is 6. The fraction of sp³-hybridized carbons (Fsp3) is 0. The Bertz CT molecular complexity index is 2470. The summed E-state index contributed by atoms with van der Waals surface area (Å²) in [6, 6.07) is 31.3. The normalized spacial score (nSPS) is 11.6. The number of hydrogen-bond acceptors (Lipinski definition) is 5. The molecule has 3 aromatic carbocycles. The molecule has 0 atom stereocenters. The van der Waals surface area contributed by atoms with E-state index in [2.05, 4.69) is 63.5 Å². The van der Waals surface area contributed by atoms with E-state index in [0.29, 0.717) is 11.5 Å². The smallest absolute Gasteiger partial charge is 0.497 e. The summed E-state index contributed by atoms with van der Waals surface area (Å²) in [7, 11) is 0. The molecule has 0 amide bonds. The van der Waals surface area contributed by atoms with Crippen molar-refractivity contribution in [3.05, 3.63) is 122 Å². The predicted octanol–water partition coefficient (Wildman–Crippen LogP) is 7.44. The van der Waals surface area contributed by atoms with E-state index < -0.39 is 0 Å². The minimum atomic E-state index is 0. The third kappa shape index (κ3) is 3.64. The van der Waals surface area contributed by atoms with Gasteiger partial charge in [0.1, 0.15) is 5.65 Å². The average molecular weight is 722 g/mol. The van der Waals surface area contributed by atoms with Crippen LogP contribution in [0.3, 0.4) is 0 Å². The fourth-order valence-corrected chi connectivity index (χ4v) is 5.75. The van der Waals surface area contributed by atoms with Crippen molar-refractivity contribution in [1.29, 1.82) is 0 Å². The summed E-state index contributed by atoms with van der Waals surface area (Å²) in [5.74, 6) is 1.16. The van der Waals surface area contributed by atoms with Gasteiger partial charge in [-0.3, -0.25) is 15.0 Å². The van der Waals surface area contributed by atoms with Crippen molar-refractivity contribution in [3.8, 4) is 22.8 Å². The van der Waals surface area contributed by atoms with E-state index >= 15 is 0 Å². The van der Waals surface area contributed by atoms with Gasteiger partial charge in [-0.05, 0) is 22.9 Å². The third-order valence-electron chi connectivity index (χ3n) is 7.60. The van der Waals surface area contributed by atoms with Gasteiger partial charge in [-0.15, -0.1) is 12.1 Å². The molecule has 200 valence electrons. The number of imidazole rings is 2. The molecule has 7 nitrogen and oxygen atoms in total. The molecule has 0 aliphatic carbocycles. The van der Waals surface area contributed by atoms with Crippen molar-refractivity contribution in [3.63, 3.8) is 0 Å². The predicted molar refractivity (Wildman–Crippen MR) is 159 cm³/mol. The Labute approximate surface area is 253 Å². The Hall–Kier alpha value is -5.13. The van der Waals surface area contributed by atoms with Crippen molar-refractivity contribution in [1.82, 2.24) is 28.7 Å². The van der Waals surface area contributed by atoms with Crippen LogP contribution in [0.4, 0.5) is 0 Å². The van der Waals surface area contributed by atoms with Crippen molar-refractivity contribution in [2.45, 2.75) is 0 Å². The van der Waals surface area contributed by atoms with E-state index in [1.54, 1.807) is 18.6 Å². The van der Waals surface area contributed by atoms with Crippen molar-refractivity contribution < 1.29 is 25.8 Å². The first kappa shape index (κ1) is 24.6. The molecule has 8 heteroatoms. The Kier molecular flexibility index (Phi) is 5.56. The zero-order valence-electron chi connectivity index (χ0n) is 21.8. The van der Waals surface area contributed by atoms with Crippen LogP contribution in [-0.2, 0) is 21.1 Å². The maximum Gasteiger partial charge on any atom is 2.00 e. The van der Waals surface area contributed by atoms with Gasteiger partial charge in [0.05, 0.1) is 22.5 Å². The first-order chi connectivity index (χ1) is 20.3. The maximum atomic E-state index is 6.33. The molecule has 0 aliphatic rings. The molecule has 0 saturated heterocycles. The van der Waals surface area contributed by atoms with E-state index in [-0.39, 0.29) is 21.1 Å². The molecule has 0 bridgehead atoms. The summed E-state index contributed by atoms with van der Waals surface area (Å²) in [6.45, 7) is 0. The topological polar surface area (TPSA) is 69.6 Å². The molecule has 0 radical (unpaired) electrons. The second kappa shape index (κ2) is 9.47. The molecule has 6 heterocycles. The molecule has 9 rings (SSSR count). The quantitative estimate of drug-likeness (QED) is 0.140. The van der Waals surface area contributed by atoms with E-state index in [1.807, 2.05) is 63.8 Å². The van der Waals surface area contributed by atoms with Gasteiger partial charge in [0.15, 0.2) is 0 Å². The zero-order valence-corrected chi connectivity index (χ0v) is 24.1. The second-order valence-corrected chi connectivity index (χ2v) is 9.89. The van der Waals surface area contributed by atoms with Crippen molar-refractivity contribution in [2.75, 3.05) is 0 Å². The summed E-state index contributed by atoms with van der Waals surface area (Å²) in [5.41, 5.74) is 5.42. The Morgan fingerprint density at radius 2 is 1.26 bits per heavy atom. The SMILES string of the molecule is [Pt+2].[c-]1c(Oc2[c-]c3c(cc2)c2ccc(-c4ccccc4)nc2n2ccnc32)ccc2c1c1nccn1c1cnccc21. The van der Waals surface area contributed by atoms with Crippen LogP contribution in [0, 0.1) is 12.1 Å². The largest absolute Gasteiger partial charge is 2.00 e. The molecular formula is C34H18N6OPt. The number of rotatable bonds is 3. The number of benzene rings is 3. The zero-order chi connectivity index (χ0) is 26.9. The van der Waals surface area contributed by atoms with Crippen LogP contribution < -0.4 is 4.74 Å². The first-order valence-electron chi connectivity index (χ1n) is 13.2. The maximum absolute atomic E-state index is 6.33. The van der Waals surface area contributed by atoms with Crippen molar-refractivity contribution >= 4 is 54.8 Å². The fourth-order valence-electron chi connectivity index (χ4n) is 5.75. The van der Waals surface area contributed by atoms with Gasteiger partial charge in [0.25, 0.3) is 0 Å². The van der Waals surface area contributed by atoms with Crippen LogP contribution in [0.1, 0.15) is 0 Å². The number of hydrogen-bond donors (Lipinski definition) is 0. The Balaban J connectivity index is 0.00000267. The number of pyridine rings is 4. The minimum absolute atomic E-state index is 0. The Morgan fingerprint density at radius 3 is 2.02 bits per heavy atom. The van der Waals surface area contributed by atoms with Gasteiger partial charge in [-0.2, -0.15) is 0 Å². The number of fused-ring (bicyclic) bond motifs is 12. The van der Waals surface area contributed by atoms with Crippen LogP contribution in [-0.4, -0.2) is 28.7 Å². The summed E-state index contributed by atoms with van der Waals surface area (Å²) in [5, 5.41) is 5.91. The summed E-state index contributed by atoms with van der Waals surface area (Å²) < 4.78 is 10.4. The standard InChI is InChI=1S/C34H18N6O.Pt/c1-2-4-21(5-3-1)30-11-10-27-25-9-7-23(19-29(25)33-37-15-17-40(33)34(27)38-30)41-22-6-8-24-26-12-13-35-20-31(26)39-16-14-36-32(39)28(24)18-22;/h1-17,20H;/q-2;+2. The van der Waals surface area contributed by atoms with Gasteiger partial charge in [0, 0.05) is 54.2 Å².